The average Bonchev–Trinajstić information content (AvgIpc) is 2.46. The highest BCUT2D eigenvalue weighted by molar-refractivity contribution is 6.08. The molecule has 2 aromatic rings. The lowest BCUT2D eigenvalue weighted by Crippen LogP contribution is -2.22. The molecule has 0 aromatic heterocycles. The van der Waals surface area contributed by atoms with Gasteiger partial charge in [-0.1, -0.05) is 6.07 Å². The Morgan fingerprint density at radius 3 is 2.04 bits per heavy atom. The molecule has 0 spiro atoms. The van der Waals surface area contributed by atoms with E-state index in [1.165, 1.54) is 0 Å². The summed E-state index contributed by atoms with van der Waals surface area (Å²) in [6.45, 7) is 0. The fraction of sp³-hybridized carbons (Fsp3) is 0.0667. The molecular formula is C15H10F4N2O2. The highest BCUT2D eigenvalue weighted by atomic mass is 19.1. The molecule has 0 fully saturated rings. The van der Waals surface area contributed by atoms with E-state index in [0.717, 1.165) is 30.3 Å². The summed E-state index contributed by atoms with van der Waals surface area (Å²) in [5.41, 5.74) is -1.00. The van der Waals surface area contributed by atoms with Crippen LogP contribution in [0, 0.1) is 23.3 Å². The van der Waals surface area contributed by atoms with Crippen molar-refractivity contribution in [2.24, 2.45) is 0 Å². The van der Waals surface area contributed by atoms with Crippen LogP contribution in [-0.4, -0.2) is 11.8 Å². The smallest absolute Gasteiger partial charge is 0.233 e. The third-order valence-corrected chi connectivity index (χ3v) is 2.75. The molecule has 0 saturated heterocycles. The fourth-order valence-corrected chi connectivity index (χ4v) is 1.73. The van der Waals surface area contributed by atoms with Gasteiger partial charge in [-0.05, 0) is 24.3 Å². The Kier molecular flexibility index (Phi) is 4.95. The number of para-hydroxylation sites is 1. The van der Waals surface area contributed by atoms with Crippen molar-refractivity contribution >= 4 is 23.2 Å². The molecule has 2 N–H and O–H groups in total. The molecule has 8 heteroatoms. The SMILES string of the molecule is O=C(CC(=O)Nc1c(F)cccc1F)Nc1ccc(F)cc1F. The van der Waals surface area contributed by atoms with Crippen LogP contribution >= 0.6 is 0 Å². The molecule has 120 valence electrons. The van der Waals surface area contributed by atoms with E-state index in [0.29, 0.717) is 6.07 Å². The van der Waals surface area contributed by atoms with E-state index in [-0.39, 0.29) is 5.69 Å². The minimum atomic E-state index is -1.01. The molecule has 0 aliphatic carbocycles. The van der Waals surface area contributed by atoms with Crippen LogP contribution in [-0.2, 0) is 9.59 Å². The second-order valence-corrected chi connectivity index (χ2v) is 4.49. The molecule has 2 rings (SSSR count). The highest BCUT2D eigenvalue weighted by Gasteiger charge is 2.16. The quantitative estimate of drug-likeness (QED) is 0.669. The molecule has 2 amide bonds. The van der Waals surface area contributed by atoms with E-state index in [1.54, 1.807) is 0 Å². The number of amides is 2. The number of hydrogen-bond acceptors (Lipinski definition) is 2. The number of carbonyl (C=O) groups excluding carboxylic acids is 2. The second-order valence-electron chi connectivity index (χ2n) is 4.49. The van der Waals surface area contributed by atoms with Crippen molar-refractivity contribution in [3.63, 3.8) is 0 Å². The summed E-state index contributed by atoms with van der Waals surface area (Å²) >= 11 is 0. The number of carbonyl (C=O) groups is 2. The third-order valence-electron chi connectivity index (χ3n) is 2.75. The van der Waals surface area contributed by atoms with Gasteiger partial charge in [-0.2, -0.15) is 0 Å². The first-order chi connectivity index (χ1) is 10.9. The zero-order valence-electron chi connectivity index (χ0n) is 11.5. The zero-order valence-corrected chi connectivity index (χ0v) is 11.5. The van der Waals surface area contributed by atoms with Gasteiger partial charge in [0.1, 0.15) is 35.4 Å². The van der Waals surface area contributed by atoms with Gasteiger partial charge in [-0.15, -0.1) is 0 Å². The molecule has 0 aliphatic rings. The van der Waals surface area contributed by atoms with E-state index in [2.05, 4.69) is 5.32 Å². The van der Waals surface area contributed by atoms with E-state index in [4.69, 9.17) is 0 Å². The van der Waals surface area contributed by atoms with Crippen LogP contribution in [0.2, 0.25) is 0 Å². The van der Waals surface area contributed by atoms with E-state index < -0.39 is 47.2 Å². The molecule has 2 aromatic carbocycles. The van der Waals surface area contributed by atoms with Gasteiger partial charge < -0.3 is 10.6 Å². The largest absolute Gasteiger partial charge is 0.323 e. The summed E-state index contributed by atoms with van der Waals surface area (Å²) in [7, 11) is 0. The van der Waals surface area contributed by atoms with Crippen LogP contribution < -0.4 is 10.6 Å². The van der Waals surface area contributed by atoms with E-state index in [1.807, 2.05) is 5.32 Å². The Morgan fingerprint density at radius 1 is 0.826 bits per heavy atom. The molecule has 4 nitrogen and oxygen atoms in total. The second kappa shape index (κ2) is 6.91. The molecule has 0 atom stereocenters. The van der Waals surface area contributed by atoms with Crippen molar-refractivity contribution in [2.75, 3.05) is 10.6 Å². The Hall–Kier alpha value is -2.90. The van der Waals surface area contributed by atoms with Crippen molar-refractivity contribution in [3.05, 3.63) is 59.7 Å². The molecule has 0 unspecified atom stereocenters. The number of hydrogen-bond donors (Lipinski definition) is 2. The van der Waals surface area contributed by atoms with Crippen molar-refractivity contribution in [1.82, 2.24) is 0 Å². The number of nitrogens with one attached hydrogen (secondary N) is 2. The molecular weight excluding hydrogens is 316 g/mol. The van der Waals surface area contributed by atoms with Crippen LogP contribution in [0.15, 0.2) is 36.4 Å². The number of anilines is 2. The van der Waals surface area contributed by atoms with Crippen molar-refractivity contribution in [1.29, 1.82) is 0 Å². The lowest BCUT2D eigenvalue weighted by molar-refractivity contribution is -0.123. The topological polar surface area (TPSA) is 58.2 Å². The van der Waals surface area contributed by atoms with Crippen molar-refractivity contribution < 1.29 is 27.2 Å². The number of halogens is 4. The predicted octanol–water partition coefficient (Wildman–Crippen LogP) is 3.21. The maximum Gasteiger partial charge on any atom is 0.233 e. The maximum absolute atomic E-state index is 13.3. The van der Waals surface area contributed by atoms with E-state index in [9.17, 15) is 27.2 Å². The van der Waals surface area contributed by atoms with Gasteiger partial charge in [0.15, 0.2) is 0 Å². The minimum Gasteiger partial charge on any atom is -0.323 e. The normalized spacial score (nSPS) is 10.3. The first-order valence-electron chi connectivity index (χ1n) is 6.35. The number of benzene rings is 2. The average molecular weight is 326 g/mol. The first kappa shape index (κ1) is 16.5. The predicted molar refractivity (Wildman–Crippen MR) is 74.6 cm³/mol. The molecule has 0 bridgehead atoms. The van der Waals surface area contributed by atoms with Crippen LogP contribution in [0.4, 0.5) is 28.9 Å². The standard InChI is InChI=1S/C15H10F4N2O2/c16-8-4-5-12(11(19)6-8)20-13(22)7-14(23)21-15-9(17)2-1-3-10(15)18/h1-6H,7H2,(H,20,22)(H,21,23). The minimum absolute atomic E-state index is 0.318. The van der Waals surface area contributed by atoms with Gasteiger partial charge in [0.25, 0.3) is 0 Å². The van der Waals surface area contributed by atoms with Crippen LogP contribution in [0.5, 0.6) is 0 Å². The summed E-state index contributed by atoms with van der Waals surface area (Å²) in [6.07, 6.45) is -0.801. The lowest BCUT2D eigenvalue weighted by atomic mass is 10.2. The van der Waals surface area contributed by atoms with Gasteiger partial charge in [0.05, 0.1) is 5.69 Å². The summed E-state index contributed by atoms with van der Waals surface area (Å²) in [4.78, 5) is 23.2. The Labute approximate surface area is 128 Å². The molecule has 0 saturated carbocycles. The third kappa shape index (κ3) is 4.29. The first-order valence-corrected chi connectivity index (χ1v) is 6.35. The Morgan fingerprint density at radius 2 is 1.43 bits per heavy atom. The Bertz CT molecular complexity index is 745. The summed E-state index contributed by atoms with van der Waals surface area (Å²) in [5, 5.41) is 3.97. The van der Waals surface area contributed by atoms with Crippen LogP contribution in [0.3, 0.4) is 0 Å². The van der Waals surface area contributed by atoms with Gasteiger partial charge in [-0.3, -0.25) is 9.59 Å². The monoisotopic (exact) mass is 326 g/mol. The van der Waals surface area contributed by atoms with Crippen molar-refractivity contribution in [3.8, 4) is 0 Å². The van der Waals surface area contributed by atoms with Crippen LogP contribution in [0.1, 0.15) is 6.42 Å². The molecule has 23 heavy (non-hydrogen) atoms. The number of rotatable bonds is 4. The lowest BCUT2D eigenvalue weighted by Gasteiger charge is -2.08. The molecule has 0 aliphatic heterocycles. The molecule has 0 heterocycles. The molecule has 0 radical (unpaired) electrons. The van der Waals surface area contributed by atoms with Gasteiger partial charge in [0, 0.05) is 6.07 Å². The maximum atomic E-state index is 13.3. The Balaban J connectivity index is 1.99. The van der Waals surface area contributed by atoms with Crippen LogP contribution in [0.25, 0.3) is 0 Å². The zero-order chi connectivity index (χ0) is 17.0. The van der Waals surface area contributed by atoms with Gasteiger partial charge in [0.2, 0.25) is 11.8 Å². The van der Waals surface area contributed by atoms with Gasteiger partial charge in [-0.25, -0.2) is 17.6 Å². The summed E-state index contributed by atoms with van der Waals surface area (Å²) in [5.74, 6) is -5.75. The fourth-order valence-electron chi connectivity index (χ4n) is 1.73. The summed E-state index contributed by atoms with van der Waals surface area (Å²) < 4.78 is 52.8. The van der Waals surface area contributed by atoms with Gasteiger partial charge >= 0.3 is 0 Å². The highest BCUT2D eigenvalue weighted by Crippen LogP contribution is 2.18. The summed E-state index contributed by atoms with van der Waals surface area (Å²) in [6, 6.07) is 5.46. The van der Waals surface area contributed by atoms with E-state index >= 15 is 0 Å². The van der Waals surface area contributed by atoms with Crippen molar-refractivity contribution in [2.45, 2.75) is 6.42 Å².